The van der Waals surface area contributed by atoms with Crippen LogP contribution in [0.25, 0.3) is 0 Å². The van der Waals surface area contributed by atoms with Crippen LogP contribution in [0.1, 0.15) is 27.0 Å². The number of carbonyl (C=O) groups excluding carboxylic acids is 1. The summed E-state index contributed by atoms with van der Waals surface area (Å²) in [6.45, 7) is 4.01. The van der Waals surface area contributed by atoms with Gasteiger partial charge < -0.3 is 0 Å². The SMILES string of the molecule is Cc1ccc(C(=O)NN=CCc2ccccc2)cc1C. The van der Waals surface area contributed by atoms with E-state index in [2.05, 4.69) is 10.5 Å². The van der Waals surface area contributed by atoms with Gasteiger partial charge in [0.05, 0.1) is 0 Å². The van der Waals surface area contributed by atoms with E-state index in [4.69, 9.17) is 0 Å². The summed E-state index contributed by atoms with van der Waals surface area (Å²) < 4.78 is 0. The number of amides is 1. The zero-order valence-corrected chi connectivity index (χ0v) is 11.8. The first kappa shape index (κ1) is 14.0. The lowest BCUT2D eigenvalue weighted by Gasteiger charge is -2.03. The van der Waals surface area contributed by atoms with Gasteiger partial charge in [-0.15, -0.1) is 0 Å². The van der Waals surface area contributed by atoms with E-state index in [9.17, 15) is 4.79 Å². The molecule has 1 amide bonds. The minimum absolute atomic E-state index is 0.183. The van der Waals surface area contributed by atoms with Gasteiger partial charge in [0.2, 0.25) is 0 Å². The Bertz CT molecular complexity index is 618. The van der Waals surface area contributed by atoms with E-state index in [-0.39, 0.29) is 5.91 Å². The largest absolute Gasteiger partial charge is 0.271 e. The monoisotopic (exact) mass is 266 g/mol. The molecule has 2 aromatic rings. The van der Waals surface area contributed by atoms with Crippen molar-refractivity contribution in [2.45, 2.75) is 20.3 Å². The Morgan fingerprint density at radius 2 is 1.85 bits per heavy atom. The van der Waals surface area contributed by atoms with Crippen LogP contribution in [0, 0.1) is 13.8 Å². The molecule has 0 spiro atoms. The number of hydrogen-bond donors (Lipinski definition) is 1. The first-order valence-corrected chi connectivity index (χ1v) is 6.60. The first-order chi connectivity index (χ1) is 9.66. The molecule has 0 fully saturated rings. The lowest BCUT2D eigenvalue weighted by molar-refractivity contribution is 0.0955. The number of nitrogens with zero attached hydrogens (tertiary/aromatic N) is 1. The topological polar surface area (TPSA) is 41.5 Å². The van der Waals surface area contributed by atoms with Crippen LogP contribution in [0.5, 0.6) is 0 Å². The van der Waals surface area contributed by atoms with Crippen LogP contribution >= 0.6 is 0 Å². The molecule has 0 saturated carbocycles. The van der Waals surface area contributed by atoms with Crippen molar-refractivity contribution in [3.63, 3.8) is 0 Å². The van der Waals surface area contributed by atoms with Crippen LogP contribution in [-0.4, -0.2) is 12.1 Å². The van der Waals surface area contributed by atoms with Crippen molar-refractivity contribution in [1.29, 1.82) is 0 Å². The number of aryl methyl sites for hydroxylation is 2. The maximum Gasteiger partial charge on any atom is 0.271 e. The Morgan fingerprint density at radius 1 is 1.10 bits per heavy atom. The zero-order chi connectivity index (χ0) is 14.4. The highest BCUT2D eigenvalue weighted by atomic mass is 16.2. The van der Waals surface area contributed by atoms with Crippen LogP contribution in [0.2, 0.25) is 0 Å². The van der Waals surface area contributed by atoms with E-state index in [1.165, 1.54) is 5.56 Å². The molecule has 0 atom stereocenters. The van der Waals surface area contributed by atoms with Gasteiger partial charge in [-0.2, -0.15) is 5.10 Å². The zero-order valence-electron chi connectivity index (χ0n) is 11.8. The molecule has 3 heteroatoms. The second kappa shape index (κ2) is 6.66. The summed E-state index contributed by atoms with van der Waals surface area (Å²) >= 11 is 0. The minimum Gasteiger partial charge on any atom is -0.267 e. The highest BCUT2D eigenvalue weighted by molar-refractivity contribution is 5.94. The molecule has 102 valence electrons. The molecular weight excluding hydrogens is 248 g/mol. The molecule has 0 aliphatic heterocycles. The molecule has 20 heavy (non-hydrogen) atoms. The summed E-state index contributed by atoms with van der Waals surface area (Å²) in [5, 5.41) is 3.97. The molecule has 2 aromatic carbocycles. The van der Waals surface area contributed by atoms with Gasteiger partial charge in [0.1, 0.15) is 0 Å². The summed E-state index contributed by atoms with van der Waals surface area (Å²) in [5.74, 6) is -0.183. The second-order valence-corrected chi connectivity index (χ2v) is 4.74. The van der Waals surface area contributed by atoms with Gasteiger partial charge in [-0.1, -0.05) is 36.4 Å². The molecule has 0 saturated heterocycles. The van der Waals surface area contributed by atoms with E-state index in [1.54, 1.807) is 6.21 Å². The van der Waals surface area contributed by atoms with Crippen molar-refractivity contribution in [2.24, 2.45) is 5.10 Å². The van der Waals surface area contributed by atoms with Crippen molar-refractivity contribution in [1.82, 2.24) is 5.43 Å². The summed E-state index contributed by atoms with van der Waals surface area (Å²) in [4.78, 5) is 11.9. The smallest absolute Gasteiger partial charge is 0.267 e. The van der Waals surface area contributed by atoms with Crippen molar-refractivity contribution in [2.75, 3.05) is 0 Å². The van der Waals surface area contributed by atoms with Crippen LogP contribution in [-0.2, 0) is 6.42 Å². The van der Waals surface area contributed by atoms with Crippen LogP contribution in [0.3, 0.4) is 0 Å². The van der Waals surface area contributed by atoms with Crippen LogP contribution in [0.15, 0.2) is 53.6 Å². The van der Waals surface area contributed by atoms with Crippen molar-refractivity contribution < 1.29 is 4.79 Å². The Kier molecular flexibility index (Phi) is 4.66. The third-order valence-electron chi connectivity index (χ3n) is 3.20. The maximum atomic E-state index is 11.9. The quantitative estimate of drug-likeness (QED) is 0.669. The Balaban J connectivity index is 1.90. The number of rotatable bonds is 4. The fourth-order valence-corrected chi connectivity index (χ4v) is 1.82. The number of benzene rings is 2. The van der Waals surface area contributed by atoms with Crippen LogP contribution in [0.4, 0.5) is 0 Å². The molecule has 3 nitrogen and oxygen atoms in total. The Morgan fingerprint density at radius 3 is 2.55 bits per heavy atom. The fraction of sp³-hybridized carbons (Fsp3) is 0.176. The summed E-state index contributed by atoms with van der Waals surface area (Å²) in [6, 6.07) is 15.6. The molecule has 0 aliphatic rings. The number of hydrogen-bond acceptors (Lipinski definition) is 2. The number of carbonyl (C=O) groups is 1. The first-order valence-electron chi connectivity index (χ1n) is 6.60. The van der Waals surface area contributed by atoms with Gasteiger partial charge in [0, 0.05) is 18.2 Å². The lowest BCUT2D eigenvalue weighted by Crippen LogP contribution is -2.17. The predicted octanol–water partition coefficient (Wildman–Crippen LogP) is 3.26. The van der Waals surface area contributed by atoms with Crippen molar-refractivity contribution >= 4 is 12.1 Å². The minimum atomic E-state index is -0.183. The summed E-state index contributed by atoms with van der Waals surface area (Å²) in [6.07, 6.45) is 2.41. The summed E-state index contributed by atoms with van der Waals surface area (Å²) in [7, 11) is 0. The highest BCUT2D eigenvalue weighted by Crippen LogP contribution is 2.09. The molecule has 0 bridgehead atoms. The normalized spacial score (nSPS) is 10.7. The molecule has 0 heterocycles. The van der Waals surface area contributed by atoms with Gasteiger partial charge in [-0.05, 0) is 42.7 Å². The third-order valence-corrected chi connectivity index (χ3v) is 3.20. The Labute approximate surface area is 119 Å². The maximum absolute atomic E-state index is 11.9. The Hall–Kier alpha value is -2.42. The average molecular weight is 266 g/mol. The molecular formula is C17H18N2O. The molecule has 0 aliphatic carbocycles. The van der Waals surface area contributed by atoms with Crippen LogP contribution < -0.4 is 5.43 Å². The predicted molar refractivity (Wildman–Crippen MR) is 82.0 cm³/mol. The van der Waals surface area contributed by atoms with Gasteiger partial charge >= 0.3 is 0 Å². The standard InChI is InChI=1S/C17H18N2O/c1-13-8-9-16(12-14(13)2)17(20)19-18-11-10-15-6-4-3-5-7-15/h3-9,11-12H,10H2,1-2H3,(H,19,20). The molecule has 1 N–H and O–H groups in total. The average Bonchev–Trinajstić information content (AvgIpc) is 2.47. The van der Waals surface area contributed by atoms with Gasteiger partial charge in [0.25, 0.3) is 5.91 Å². The lowest BCUT2D eigenvalue weighted by atomic mass is 10.1. The highest BCUT2D eigenvalue weighted by Gasteiger charge is 2.04. The third kappa shape index (κ3) is 3.79. The summed E-state index contributed by atoms with van der Waals surface area (Å²) in [5.41, 5.74) is 6.62. The molecule has 0 radical (unpaired) electrons. The molecule has 2 rings (SSSR count). The second-order valence-electron chi connectivity index (χ2n) is 4.74. The fourth-order valence-electron chi connectivity index (χ4n) is 1.82. The van der Waals surface area contributed by atoms with E-state index in [0.29, 0.717) is 12.0 Å². The van der Waals surface area contributed by atoms with Gasteiger partial charge in [0.15, 0.2) is 0 Å². The van der Waals surface area contributed by atoms with Gasteiger partial charge in [-0.3, -0.25) is 4.79 Å². The van der Waals surface area contributed by atoms with E-state index in [1.807, 2.05) is 62.4 Å². The molecule has 0 aromatic heterocycles. The molecule has 0 unspecified atom stereocenters. The van der Waals surface area contributed by atoms with Crippen molar-refractivity contribution in [3.05, 3.63) is 70.8 Å². The van der Waals surface area contributed by atoms with Crippen molar-refractivity contribution in [3.8, 4) is 0 Å². The number of hydrazone groups is 1. The van der Waals surface area contributed by atoms with E-state index < -0.39 is 0 Å². The van der Waals surface area contributed by atoms with E-state index in [0.717, 1.165) is 11.1 Å². The van der Waals surface area contributed by atoms with Gasteiger partial charge in [-0.25, -0.2) is 5.43 Å². The van der Waals surface area contributed by atoms with E-state index >= 15 is 0 Å². The number of nitrogens with one attached hydrogen (secondary N) is 1.